The first-order valence-electron chi connectivity index (χ1n) is 7.45. The number of hydrogen-bond acceptors (Lipinski definition) is 4. The van der Waals surface area contributed by atoms with Crippen LogP contribution in [0.25, 0.3) is 6.08 Å². The van der Waals surface area contributed by atoms with E-state index in [9.17, 15) is 14.9 Å². The minimum absolute atomic E-state index is 0.0377. The highest BCUT2D eigenvalue weighted by atomic mass is 16.6. The van der Waals surface area contributed by atoms with Gasteiger partial charge in [0, 0.05) is 12.1 Å². The molecule has 0 heterocycles. The van der Waals surface area contributed by atoms with E-state index < -0.39 is 4.92 Å². The Morgan fingerprint density at radius 3 is 2.62 bits per heavy atom. The lowest BCUT2D eigenvalue weighted by Gasteiger charge is -2.06. The van der Waals surface area contributed by atoms with E-state index in [1.165, 1.54) is 18.2 Å². The third kappa shape index (κ3) is 5.24. The van der Waals surface area contributed by atoms with Crippen LogP contribution in [0.2, 0.25) is 0 Å². The fourth-order valence-corrected chi connectivity index (χ4v) is 2.00. The minimum Gasteiger partial charge on any atom is -0.492 e. The molecule has 2 aromatic carbocycles. The van der Waals surface area contributed by atoms with Gasteiger partial charge in [-0.15, -0.1) is 0 Å². The molecule has 6 nitrogen and oxygen atoms in total. The van der Waals surface area contributed by atoms with Crippen molar-refractivity contribution in [3.8, 4) is 5.75 Å². The fraction of sp³-hybridized carbons (Fsp3) is 0.167. The average molecular weight is 326 g/mol. The highest BCUT2D eigenvalue weighted by Gasteiger charge is 2.09. The van der Waals surface area contributed by atoms with Crippen molar-refractivity contribution in [2.24, 2.45) is 0 Å². The molecule has 2 rings (SSSR count). The molecule has 0 aliphatic heterocycles. The molecule has 1 amide bonds. The Balaban J connectivity index is 1.79. The number of hydrogen-bond donors (Lipinski definition) is 1. The molecule has 1 N–H and O–H groups in total. The Bertz CT molecular complexity index is 739. The number of carbonyl (C=O) groups is 1. The summed E-state index contributed by atoms with van der Waals surface area (Å²) in [6.07, 6.45) is 2.70. The van der Waals surface area contributed by atoms with Gasteiger partial charge in [0.05, 0.1) is 17.0 Å². The summed E-state index contributed by atoms with van der Waals surface area (Å²) in [7, 11) is 0. The first-order chi connectivity index (χ1) is 11.6. The molecule has 0 radical (unpaired) electrons. The zero-order valence-corrected chi connectivity index (χ0v) is 13.3. The van der Waals surface area contributed by atoms with Crippen molar-refractivity contribution in [3.05, 3.63) is 75.8 Å². The van der Waals surface area contributed by atoms with E-state index in [2.05, 4.69) is 5.32 Å². The van der Waals surface area contributed by atoms with E-state index >= 15 is 0 Å². The van der Waals surface area contributed by atoms with Gasteiger partial charge in [0.2, 0.25) is 5.91 Å². The van der Waals surface area contributed by atoms with E-state index in [0.29, 0.717) is 18.7 Å². The first kappa shape index (κ1) is 17.2. The minimum atomic E-state index is -0.479. The van der Waals surface area contributed by atoms with Crippen molar-refractivity contribution in [1.29, 1.82) is 0 Å². The van der Waals surface area contributed by atoms with Crippen LogP contribution in [0.3, 0.4) is 0 Å². The first-order valence-corrected chi connectivity index (χ1v) is 7.45. The maximum Gasteiger partial charge on any atom is 0.276 e. The van der Waals surface area contributed by atoms with Gasteiger partial charge in [-0.25, -0.2) is 0 Å². The summed E-state index contributed by atoms with van der Waals surface area (Å²) in [5.74, 6) is 0.408. The van der Waals surface area contributed by atoms with Gasteiger partial charge in [0.25, 0.3) is 5.69 Å². The maximum absolute atomic E-state index is 11.7. The van der Waals surface area contributed by atoms with Crippen LogP contribution < -0.4 is 10.1 Å². The van der Waals surface area contributed by atoms with Crippen molar-refractivity contribution < 1.29 is 14.5 Å². The van der Waals surface area contributed by atoms with Crippen LogP contribution in [-0.2, 0) is 4.79 Å². The Morgan fingerprint density at radius 2 is 1.92 bits per heavy atom. The molecule has 24 heavy (non-hydrogen) atoms. The molecule has 2 aromatic rings. The summed E-state index contributed by atoms with van der Waals surface area (Å²) < 4.78 is 5.50. The normalized spacial score (nSPS) is 10.5. The number of carbonyl (C=O) groups excluding carboxylic acids is 1. The van der Waals surface area contributed by atoms with Gasteiger partial charge in [-0.05, 0) is 31.2 Å². The summed E-state index contributed by atoms with van der Waals surface area (Å²) in [5.41, 5.74) is 1.49. The second-order valence-electron chi connectivity index (χ2n) is 5.10. The monoisotopic (exact) mass is 326 g/mol. The third-order valence-electron chi connectivity index (χ3n) is 3.24. The topological polar surface area (TPSA) is 81.5 Å². The highest BCUT2D eigenvalue weighted by Crippen LogP contribution is 2.18. The quantitative estimate of drug-likeness (QED) is 0.367. The standard InChI is InChI=1S/C18H18N2O4/c1-14-6-9-16(10-7-14)24-13-12-19-18(21)11-8-15-4-2-3-5-17(15)20(22)23/h2-11H,12-13H2,1H3,(H,19,21)/b11-8+. The lowest BCUT2D eigenvalue weighted by atomic mass is 10.1. The number of nitro groups is 1. The predicted molar refractivity (Wildman–Crippen MR) is 91.8 cm³/mol. The smallest absolute Gasteiger partial charge is 0.276 e. The summed E-state index contributed by atoms with van der Waals surface area (Å²) >= 11 is 0. The second kappa shape index (κ2) is 8.47. The van der Waals surface area contributed by atoms with E-state index in [0.717, 1.165) is 11.3 Å². The number of benzene rings is 2. The number of nitrogens with zero attached hydrogens (tertiary/aromatic N) is 1. The number of amides is 1. The Labute approximate surface area is 139 Å². The molecule has 0 spiro atoms. The number of nitro benzene ring substituents is 1. The SMILES string of the molecule is Cc1ccc(OCCNC(=O)/C=C/c2ccccc2[N+](=O)[O-])cc1. The van der Waals surface area contributed by atoms with Crippen LogP contribution in [0.4, 0.5) is 5.69 Å². The van der Waals surface area contributed by atoms with E-state index in [4.69, 9.17) is 4.74 Å². The third-order valence-corrected chi connectivity index (χ3v) is 3.24. The molecule has 0 aliphatic carbocycles. The van der Waals surface area contributed by atoms with Crippen LogP contribution in [0, 0.1) is 17.0 Å². The summed E-state index contributed by atoms with van der Waals surface area (Å²) in [6, 6.07) is 13.9. The summed E-state index contributed by atoms with van der Waals surface area (Å²) in [4.78, 5) is 22.1. The van der Waals surface area contributed by atoms with Crippen LogP contribution in [0.15, 0.2) is 54.6 Å². The maximum atomic E-state index is 11.7. The molecule has 0 aromatic heterocycles. The predicted octanol–water partition coefficient (Wildman–Crippen LogP) is 3.11. The number of para-hydroxylation sites is 1. The molecule has 6 heteroatoms. The number of rotatable bonds is 7. The van der Waals surface area contributed by atoms with Crippen LogP contribution in [0.1, 0.15) is 11.1 Å². The zero-order chi connectivity index (χ0) is 17.4. The zero-order valence-electron chi connectivity index (χ0n) is 13.3. The molecule has 0 aliphatic rings. The molecule has 0 fully saturated rings. The molecule has 0 atom stereocenters. The van der Waals surface area contributed by atoms with Gasteiger partial charge in [0.15, 0.2) is 0 Å². The van der Waals surface area contributed by atoms with Gasteiger partial charge in [-0.2, -0.15) is 0 Å². The van der Waals surface area contributed by atoms with E-state index in [1.807, 2.05) is 31.2 Å². The molecule has 0 saturated heterocycles. The van der Waals surface area contributed by atoms with Crippen molar-refractivity contribution in [2.75, 3.05) is 13.2 Å². The Kier molecular flexibility index (Phi) is 6.08. The van der Waals surface area contributed by atoms with Gasteiger partial charge >= 0.3 is 0 Å². The number of ether oxygens (including phenoxy) is 1. The second-order valence-corrected chi connectivity index (χ2v) is 5.10. The molecule has 0 saturated carbocycles. The van der Waals surface area contributed by atoms with Crippen molar-refractivity contribution in [1.82, 2.24) is 5.32 Å². The molecule has 124 valence electrons. The molecular formula is C18H18N2O4. The van der Waals surface area contributed by atoms with Gasteiger partial charge in [-0.1, -0.05) is 29.8 Å². The van der Waals surface area contributed by atoms with Crippen molar-refractivity contribution >= 4 is 17.7 Å². The van der Waals surface area contributed by atoms with E-state index in [-0.39, 0.29) is 11.6 Å². The van der Waals surface area contributed by atoms with Crippen LogP contribution in [-0.4, -0.2) is 24.0 Å². The Morgan fingerprint density at radius 1 is 1.21 bits per heavy atom. The fourth-order valence-electron chi connectivity index (χ4n) is 2.00. The van der Waals surface area contributed by atoms with Crippen molar-refractivity contribution in [3.63, 3.8) is 0 Å². The van der Waals surface area contributed by atoms with Gasteiger partial charge in [-0.3, -0.25) is 14.9 Å². The Hall–Kier alpha value is -3.15. The molecular weight excluding hydrogens is 308 g/mol. The molecule has 0 bridgehead atoms. The van der Waals surface area contributed by atoms with Crippen LogP contribution in [0.5, 0.6) is 5.75 Å². The summed E-state index contributed by atoms with van der Waals surface area (Å²) in [6.45, 7) is 2.68. The summed E-state index contributed by atoms with van der Waals surface area (Å²) in [5, 5.41) is 13.6. The lowest BCUT2D eigenvalue weighted by Crippen LogP contribution is -2.26. The lowest BCUT2D eigenvalue weighted by molar-refractivity contribution is -0.385. The van der Waals surface area contributed by atoms with Crippen molar-refractivity contribution in [2.45, 2.75) is 6.92 Å². The highest BCUT2D eigenvalue weighted by molar-refractivity contribution is 5.92. The van der Waals surface area contributed by atoms with Gasteiger partial charge < -0.3 is 10.1 Å². The molecule has 0 unspecified atom stereocenters. The van der Waals surface area contributed by atoms with E-state index in [1.54, 1.807) is 18.2 Å². The number of aryl methyl sites for hydroxylation is 1. The largest absolute Gasteiger partial charge is 0.492 e. The van der Waals surface area contributed by atoms with Crippen LogP contribution >= 0.6 is 0 Å². The average Bonchev–Trinajstić information content (AvgIpc) is 2.58. The van der Waals surface area contributed by atoms with Gasteiger partial charge in [0.1, 0.15) is 12.4 Å². The number of nitrogens with one attached hydrogen (secondary N) is 1.